The first-order valence-corrected chi connectivity index (χ1v) is 8.25. The van der Waals surface area contributed by atoms with Crippen LogP contribution in [0.15, 0.2) is 54.7 Å². The van der Waals surface area contributed by atoms with Gasteiger partial charge in [-0.25, -0.2) is 4.79 Å². The Bertz CT molecular complexity index is 846. The van der Waals surface area contributed by atoms with E-state index in [2.05, 4.69) is 29.5 Å². The number of fused-ring (bicyclic) bond motifs is 1. The third-order valence-corrected chi connectivity index (χ3v) is 4.12. The highest BCUT2D eigenvalue weighted by atomic mass is 16.2. The van der Waals surface area contributed by atoms with E-state index in [4.69, 9.17) is 0 Å². The lowest BCUT2D eigenvalue weighted by molar-refractivity contribution is 0.262. The number of para-hydroxylation sites is 2. The predicted molar refractivity (Wildman–Crippen MR) is 99.6 cm³/mol. The molecule has 4 nitrogen and oxygen atoms in total. The standard InChI is InChI=1S/C20H21N3O/c1-3-14-8-5-9-15(4-2)18(14)23-20(24)22-17-12-6-10-16-11-7-13-21-19(16)17/h5-13H,3-4H2,1-2H3,(H2,22,23,24). The molecule has 0 saturated heterocycles. The number of rotatable bonds is 4. The minimum atomic E-state index is -0.247. The Morgan fingerprint density at radius 3 is 2.29 bits per heavy atom. The van der Waals surface area contributed by atoms with Crippen LogP contribution in [-0.2, 0) is 12.8 Å². The molecule has 3 aromatic rings. The van der Waals surface area contributed by atoms with Crippen molar-refractivity contribution in [2.24, 2.45) is 0 Å². The second-order valence-electron chi connectivity index (χ2n) is 5.62. The first-order valence-electron chi connectivity index (χ1n) is 8.25. The number of benzene rings is 2. The predicted octanol–water partition coefficient (Wildman–Crippen LogP) is 5.00. The molecule has 0 saturated carbocycles. The van der Waals surface area contributed by atoms with E-state index in [1.807, 2.05) is 48.5 Å². The molecule has 2 N–H and O–H groups in total. The number of aromatic nitrogens is 1. The van der Waals surface area contributed by atoms with Crippen LogP contribution in [0.4, 0.5) is 16.2 Å². The van der Waals surface area contributed by atoms with Crippen molar-refractivity contribution in [1.29, 1.82) is 0 Å². The number of nitrogens with zero attached hydrogens (tertiary/aromatic N) is 1. The number of pyridine rings is 1. The maximum atomic E-state index is 12.5. The molecule has 0 aliphatic heterocycles. The SMILES string of the molecule is CCc1cccc(CC)c1NC(=O)Nc1cccc2cccnc12. The summed E-state index contributed by atoms with van der Waals surface area (Å²) < 4.78 is 0. The van der Waals surface area contributed by atoms with Crippen LogP contribution in [0.5, 0.6) is 0 Å². The number of hydrogen-bond acceptors (Lipinski definition) is 2. The number of carbonyl (C=O) groups is 1. The number of carbonyl (C=O) groups excluding carboxylic acids is 1. The van der Waals surface area contributed by atoms with Gasteiger partial charge in [0.1, 0.15) is 0 Å². The number of nitrogens with one attached hydrogen (secondary N) is 2. The van der Waals surface area contributed by atoms with Crippen LogP contribution >= 0.6 is 0 Å². The molecule has 0 atom stereocenters. The second kappa shape index (κ2) is 7.13. The largest absolute Gasteiger partial charge is 0.323 e. The van der Waals surface area contributed by atoms with Crippen molar-refractivity contribution in [1.82, 2.24) is 4.98 Å². The molecule has 4 heteroatoms. The summed E-state index contributed by atoms with van der Waals surface area (Å²) in [4.78, 5) is 16.9. The van der Waals surface area contributed by atoms with Crippen LogP contribution in [-0.4, -0.2) is 11.0 Å². The Balaban J connectivity index is 1.86. The number of urea groups is 1. The summed E-state index contributed by atoms with van der Waals surface area (Å²) >= 11 is 0. The molecule has 24 heavy (non-hydrogen) atoms. The smallest absolute Gasteiger partial charge is 0.307 e. The molecule has 0 spiro atoms. The lowest BCUT2D eigenvalue weighted by Gasteiger charge is -2.15. The zero-order valence-corrected chi connectivity index (χ0v) is 14.0. The molecule has 0 unspecified atom stereocenters. The highest BCUT2D eigenvalue weighted by molar-refractivity contribution is 6.05. The molecule has 0 aliphatic rings. The molecular weight excluding hydrogens is 298 g/mol. The van der Waals surface area contributed by atoms with Crippen LogP contribution < -0.4 is 10.6 Å². The topological polar surface area (TPSA) is 54.0 Å². The van der Waals surface area contributed by atoms with Crippen molar-refractivity contribution < 1.29 is 4.79 Å². The zero-order chi connectivity index (χ0) is 16.9. The molecule has 3 rings (SSSR count). The van der Waals surface area contributed by atoms with E-state index in [1.54, 1.807) is 6.20 Å². The van der Waals surface area contributed by atoms with Gasteiger partial charge in [0.2, 0.25) is 0 Å². The van der Waals surface area contributed by atoms with E-state index in [-0.39, 0.29) is 6.03 Å². The molecule has 122 valence electrons. The third kappa shape index (κ3) is 3.23. The van der Waals surface area contributed by atoms with Gasteiger partial charge in [-0.1, -0.05) is 50.2 Å². The van der Waals surface area contributed by atoms with Gasteiger partial charge in [-0.2, -0.15) is 0 Å². The summed E-state index contributed by atoms with van der Waals surface area (Å²) in [6.45, 7) is 4.18. The fraction of sp³-hybridized carbons (Fsp3) is 0.200. The molecule has 0 bridgehead atoms. The summed E-state index contributed by atoms with van der Waals surface area (Å²) in [6, 6.07) is 15.5. The van der Waals surface area contributed by atoms with Crippen molar-refractivity contribution in [3.05, 3.63) is 65.9 Å². The van der Waals surface area contributed by atoms with Crippen LogP contribution in [0.3, 0.4) is 0 Å². The van der Waals surface area contributed by atoms with Gasteiger partial charge in [0.25, 0.3) is 0 Å². The summed E-state index contributed by atoms with van der Waals surface area (Å²) in [7, 11) is 0. The molecule has 1 heterocycles. The van der Waals surface area contributed by atoms with E-state index < -0.39 is 0 Å². The van der Waals surface area contributed by atoms with Gasteiger partial charge in [0.15, 0.2) is 0 Å². The Kier molecular flexibility index (Phi) is 4.75. The van der Waals surface area contributed by atoms with Crippen molar-refractivity contribution in [3.63, 3.8) is 0 Å². The summed E-state index contributed by atoms with van der Waals surface area (Å²) in [6.07, 6.45) is 3.48. The molecule has 0 radical (unpaired) electrons. The Morgan fingerprint density at radius 2 is 1.58 bits per heavy atom. The number of amides is 2. The maximum Gasteiger partial charge on any atom is 0.323 e. The van der Waals surface area contributed by atoms with Crippen LogP contribution in [0.1, 0.15) is 25.0 Å². The van der Waals surface area contributed by atoms with E-state index in [0.717, 1.165) is 40.6 Å². The minimum Gasteiger partial charge on any atom is -0.307 e. The van der Waals surface area contributed by atoms with Crippen LogP contribution in [0, 0.1) is 0 Å². The molecule has 2 amide bonds. The average molecular weight is 319 g/mol. The molecule has 0 aliphatic carbocycles. The molecule has 2 aromatic carbocycles. The maximum absolute atomic E-state index is 12.5. The Morgan fingerprint density at radius 1 is 0.917 bits per heavy atom. The second-order valence-corrected chi connectivity index (χ2v) is 5.62. The van der Waals surface area contributed by atoms with E-state index in [9.17, 15) is 4.79 Å². The van der Waals surface area contributed by atoms with Crippen molar-refractivity contribution in [2.45, 2.75) is 26.7 Å². The van der Waals surface area contributed by atoms with Gasteiger partial charge >= 0.3 is 6.03 Å². The minimum absolute atomic E-state index is 0.247. The summed E-state index contributed by atoms with van der Waals surface area (Å²) in [5.74, 6) is 0. The number of hydrogen-bond donors (Lipinski definition) is 2. The van der Waals surface area contributed by atoms with Gasteiger partial charge in [-0.3, -0.25) is 4.98 Å². The molecular formula is C20H21N3O. The lowest BCUT2D eigenvalue weighted by Crippen LogP contribution is -2.21. The third-order valence-electron chi connectivity index (χ3n) is 4.12. The monoisotopic (exact) mass is 319 g/mol. The van der Waals surface area contributed by atoms with Crippen LogP contribution in [0.25, 0.3) is 10.9 Å². The van der Waals surface area contributed by atoms with Gasteiger partial charge in [-0.15, -0.1) is 0 Å². The van der Waals surface area contributed by atoms with Gasteiger partial charge in [0, 0.05) is 17.3 Å². The first-order chi connectivity index (χ1) is 11.7. The average Bonchev–Trinajstić information content (AvgIpc) is 2.62. The number of anilines is 2. The normalized spacial score (nSPS) is 10.6. The van der Waals surface area contributed by atoms with Crippen molar-refractivity contribution in [3.8, 4) is 0 Å². The van der Waals surface area contributed by atoms with Crippen LogP contribution in [0.2, 0.25) is 0 Å². The Labute approximate surface area is 141 Å². The van der Waals surface area contributed by atoms with E-state index >= 15 is 0 Å². The summed E-state index contributed by atoms with van der Waals surface area (Å²) in [5, 5.41) is 6.94. The highest BCUT2D eigenvalue weighted by Gasteiger charge is 2.11. The van der Waals surface area contributed by atoms with E-state index in [1.165, 1.54) is 0 Å². The fourth-order valence-electron chi connectivity index (χ4n) is 2.88. The van der Waals surface area contributed by atoms with Gasteiger partial charge < -0.3 is 10.6 Å². The molecule has 0 fully saturated rings. The fourth-order valence-corrected chi connectivity index (χ4v) is 2.88. The Hall–Kier alpha value is -2.88. The molecule has 1 aromatic heterocycles. The highest BCUT2D eigenvalue weighted by Crippen LogP contribution is 2.24. The zero-order valence-electron chi connectivity index (χ0n) is 14.0. The summed E-state index contributed by atoms with van der Waals surface area (Å²) in [5.41, 5.74) is 4.68. The van der Waals surface area contributed by atoms with Crippen molar-refractivity contribution >= 4 is 28.3 Å². The quantitative estimate of drug-likeness (QED) is 0.710. The van der Waals surface area contributed by atoms with E-state index in [0.29, 0.717) is 5.69 Å². The van der Waals surface area contributed by atoms with Gasteiger partial charge in [-0.05, 0) is 36.1 Å². The van der Waals surface area contributed by atoms with Gasteiger partial charge in [0.05, 0.1) is 11.2 Å². The number of aryl methyl sites for hydroxylation is 2. The lowest BCUT2D eigenvalue weighted by atomic mass is 10.0. The first kappa shape index (κ1) is 16.0. The van der Waals surface area contributed by atoms with Crippen molar-refractivity contribution in [2.75, 3.05) is 10.6 Å².